The maximum Gasteiger partial charge on any atom is 0.408 e. The SMILES string of the molecule is CC(C)(C)OC(=O)N[C@@H](C(=O)O)c1ccc(OCC2=COC(C)(C)O2)cc1. The van der Waals surface area contributed by atoms with Crippen LogP contribution in [0.3, 0.4) is 0 Å². The van der Waals surface area contributed by atoms with E-state index in [4.69, 9.17) is 18.9 Å². The van der Waals surface area contributed by atoms with Crippen LogP contribution in [0.1, 0.15) is 46.2 Å². The van der Waals surface area contributed by atoms with Gasteiger partial charge in [0.15, 0.2) is 11.8 Å². The van der Waals surface area contributed by atoms with Gasteiger partial charge >= 0.3 is 12.1 Å². The predicted octanol–water partition coefficient (Wildman–Crippen LogP) is 3.34. The highest BCUT2D eigenvalue weighted by Gasteiger charge is 2.28. The molecule has 1 aromatic carbocycles. The molecule has 1 aromatic rings. The molecule has 1 heterocycles. The van der Waals surface area contributed by atoms with Crippen molar-refractivity contribution >= 4 is 12.1 Å². The Kier molecular flexibility index (Phi) is 5.88. The molecular weight excluding hydrogens is 354 g/mol. The summed E-state index contributed by atoms with van der Waals surface area (Å²) in [6.07, 6.45) is 0.697. The van der Waals surface area contributed by atoms with E-state index in [9.17, 15) is 14.7 Å². The molecule has 8 nitrogen and oxygen atoms in total. The number of ether oxygens (including phenoxy) is 4. The summed E-state index contributed by atoms with van der Waals surface area (Å²) >= 11 is 0. The van der Waals surface area contributed by atoms with E-state index in [2.05, 4.69) is 5.32 Å². The van der Waals surface area contributed by atoms with Gasteiger partial charge < -0.3 is 29.4 Å². The number of benzene rings is 1. The minimum absolute atomic E-state index is 0.182. The lowest BCUT2D eigenvalue weighted by molar-refractivity contribution is -0.139. The van der Waals surface area contributed by atoms with Gasteiger partial charge in [0.2, 0.25) is 5.79 Å². The van der Waals surface area contributed by atoms with E-state index in [1.165, 1.54) is 6.26 Å². The fourth-order valence-electron chi connectivity index (χ4n) is 2.26. The Labute approximate surface area is 158 Å². The van der Waals surface area contributed by atoms with E-state index >= 15 is 0 Å². The monoisotopic (exact) mass is 379 g/mol. The Morgan fingerprint density at radius 2 is 1.85 bits per heavy atom. The van der Waals surface area contributed by atoms with Crippen LogP contribution >= 0.6 is 0 Å². The van der Waals surface area contributed by atoms with Crippen LogP contribution in [-0.4, -0.2) is 35.2 Å². The van der Waals surface area contributed by atoms with E-state index in [1.54, 1.807) is 58.9 Å². The quantitative estimate of drug-likeness (QED) is 0.781. The molecule has 2 N–H and O–H groups in total. The van der Waals surface area contributed by atoms with Gasteiger partial charge in [0.25, 0.3) is 0 Å². The number of aliphatic carboxylic acids is 1. The van der Waals surface area contributed by atoms with Crippen LogP contribution in [0.4, 0.5) is 4.79 Å². The first kappa shape index (κ1) is 20.4. The molecule has 27 heavy (non-hydrogen) atoms. The number of carbonyl (C=O) groups excluding carboxylic acids is 1. The number of amides is 1. The van der Waals surface area contributed by atoms with Crippen LogP contribution in [0.25, 0.3) is 0 Å². The molecule has 0 radical (unpaired) electrons. The Bertz CT molecular complexity index is 717. The standard InChI is InChI=1S/C19H25NO7/c1-18(2,3)27-17(23)20-15(16(21)22)12-6-8-13(9-7-12)24-10-14-11-25-19(4,5)26-14/h6-9,11,15H,10H2,1-5H3,(H,20,23)(H,21,22)/t15-/m1/s1. The molecule has 0 fully saturated rings. The third-order valence-corrected chi connectivity index (χ3v) is 3.35. The molecule has 2 rings (SSSR count). The van der Waals surface area contributed by atoms with Crippen LogP contribution < -0.4 is 10.1 Å². The summed E-state index contributed by atoms with van der Waals surface area (Å²) in [6, 6.07) is 5.13. The third-order valence-electron chi connectivity index (χ3n) is 3.35. The van der Waals surface area contributed by atoms with E-state index < -0.39 is 29.5 Å². The van der Waals surface area contributed by atoms with Crippen LogP contribution in [0.2, 0.25) is 0 Å². The molecule has 1 atom stereocenters. The van der Waals surface area contributed by atoms with E-state index in [0.29, 0.717) is 17.1 Å². The summed E-state index contributed by atoms with van der Waals surface area (Å²) < 4.78 is 21.5. The van der Waals surface area contributed by atoms with Crippen molar-refractivity contribution in [1.82, 2.24) is 5.32 Å². The maximum atomic E-state index is 11.9. The molecule has 0 aromatic heterocycles. The van der Waals surface area contributed by atoms with Crippen molar-refractivity contribution in [2.45, 2.75) is 52.0 Å². The second kappa shape index (κ2) is 7.77. The first-order valence-corrected chi connectivity index (χ1v) is 8.46. The number of carbonyl (C=O) groups is 2. The summed E-state index contributed by atoms with van der Waals surface area (Å²) in [6.45, 7) is 8.85. The number of carboxylic acids is 1. The maximum absolute atomic E-state index is 11.9. The van der Waals surface area contributed by atoms with Crippen molar-refractivity contribution in [1.29, 1.82) is 0 Å². The Hall–Kier alpha value is -2.90. The smallest absolute Gasteiger partial charge is 0.408 e. The lowest BCUT2D eigenvalue weighted by atomic mass is 10.1. The van der Waals surface area contributed by atoms with Gasteiger partial charge in [-0.1, -0.05) is 12.1 Å². The average Bonchev–Trinajstić information content (AvgIpc) is 2.88. The predicted molar refractivity (Wildman–Crippen MR) is 96.0 cm³/mol. The number of rotatable bonds is 6. The summed E-state index contributed by atoms with van der Waals surface area (Å²) in [5, 5.41) is 11.7. The second-order valence-corrected chi connectivity index (χ2v) is 7.48. The van der Waals surface area contributed by atoms with Gasteiger partial charge in [-0.05, 0) is 38.5 Å². The van der Waals surface area contributed by atoms with Gasteiger partial charge in [-0.2, -0.15) is 0 Å². The number of nitrogens with one attached hydrogen (secondary N) is 1. The van der Waals surface area contributed by atoms with Crippen molar-refractivity contribution in [3.63, 3.8) is 0 Å². The molecule has 0 saturated carbocycles. The fourth-order valence-corrected chi connectivity index (χ4v) is 2.26. The Balaban J connectivity index is 1.96. The zero-order valence-corrected chi connectivity index (χ0v) is 16.1. The molecule has 0 aliphatic carbocycles. The summed E-state index contributed by atoms with van der Waals surface area (Å²) in [5.41, 5.74) is -0.332. The van der Waals surface area contributed by atoms with Gasteiger partial charge in [-0.3, -0.25) is 0 Å². The highest BCUT2D eigenvalue weighted by molar-refractivity contribution is 5.81. The Morgan fingerprint density at radius 1 is 1.22 bits per heavy atom. The molecule has 1 aliphatic rings. The molecule has 0 bridgehead atoms. The molecule has 1 aliphatic heterocycles. The lowest BCUT2D eigenvalue weighted by Gasteiger charge is -2.22. The summed E-state index contributed by atoms with van der Waals surface area (Å²) in [7, 11) is 0. The molecule has 0 unspecified atom stereocenters. The van der Waals surface area contributed by atoms with Crippen LogP contribution in [0.15, 0.2) is 36.3 Å². The van der Waals surface area contributed by atoms with Crippen molar-refractivity contribution in [3.05, 3.63) is 41.9 Å². The van der Waals surface area contributed by atoms with Gasteiger partial charge in [0.1, 0.15) is 24.2 Å². The number of hydrogen-bond donors (Lipinski definition) is 2. The van der Waals surface area contributed by atoms with Gasteiger partial charge in [-0.15, -0.1) is 0 Å². The van der Waals surface area contributed by atoms with Gasteiger partial charge in [0, 0.05) is 13.8 Å². The van der Waals surface area contributed by atoms with E-state index in [-0.39, 0.29) is 6.61 Å². The molecule has 0 saturated heterocycles. The van der Waals surface area contributed by atoms with E-state index in [0.717, 1.165) is 0 Å². The highest BCUT2D eigenvalue weighted by atomic mass is 16.7. The number of carboxylic acid groups (broad SMARTS) is 1. The van der Waals surface area contributed by atoms with Gasteiger partial charge in [-0.25, -0.2) is 9.59 Å². The van der Waals surface area contributed by atoms with Crippen LogP contribution in [-0.2, 0) is 19.0 Å². The first-order chi connectivity index (χ1) is 12.5. The molecule has 148 valence electrons. The van der Waals surface area contributed by atoms with Gasteiger partial charge in [0.05, 0.1) is 0 Å². The zero-order valence-electron chi connectivity index (χ0n) is 16.1. The molecule has 0 spiro atoms. The summed E-state index contributed by atoms with van der Waals surface area (Å²) in [5.74, 6) is -0.822. The van der Waals surface area contributed by atoms with Crippen molar-refractivity contribution in [3.8, 4) is 5.75 Å². The lowest BCUT2D eigenvalue weighted by Crippen LogP contribution is -2.38. The normalized spacial score (nSPS) is 16.4. The molecule has 1 amide bonds. The van der Waals surface area contributed by atoms with Crippen molar-refractivity contribution in [2.75, 3.05) is 6.61 Å². The second-order valence-electron chi connectivity index (χ2n) is 7.48. The van der Waals surface area contributed by atoms with Crippen LogP contribution in [0.5, 0.6) is 5.75 Å². The Morgan fingerprint density at radius 3 is 2.33 bits per heavy atom. The topological polar surface area (TPSA) is 103 Å². The molecular formula is C19H25NO7. The zero-order chi connectivity index (χ0) is 20.2. The minimum atomic E-state index is -1.23. The number of hydrogen-bond acceptors (Lipinski definition) is 6. The van der Waals surface area contributed by atoms with Crippen molar-refractivity contribution in [2.24, 2.45) is 0 Å². The van der Waals surface area contributed by atoms with Crippen molar-refractivity contribution < 1.29 is 33.6 Å². The third kappa shape index (κ3) is 6.40. The first-order valence-electron chi connectivity index (χ1n) is 8.46. The number of alkyl carbamates (subject to hydrolysis) is 1. The average molecular weight is 379 g/mol. The van der Waals surface area contributed by atoms with E-state index in [1.807, 2.05) is 0 Å². The highest BCUT2D eigenvalue weighted by Crippen LogP contribution is 2.25. The van der Waals surface area contributed by atoms with Crippen LogP contribution in [0, 0.1) is 0 Å². The largest absolute Gasteiger partial charge is 0.486 e. The fraction of sp³-hybridized carbons (Fsp3) is 0.474. The minimum Gasteiger partial charge on any atom is -0.486 e. The summed E-state index contributed by atoms with van der Waals surface area (Å²) in [4.78, 5) is 23.4. The molecule has 8 heteroatoms.